The van der Waals surface area contributed by atoms with Crippen LogP contribution in [0.25, 0.3) is 10.9 Å². The Morgan fingerprint density at radius 2 is 2.03 bits per heavy atom. The summed E-state index contributed by atoms with van der Waals surface area (Å²) in [4.78, 5) is 14.9. The van der Waals surface area contributed by atoms with Crippen LogP contribution < -0.4 is 0 Å². The molecule has 6 heteroatoms. The van der Waals surface area contributed by atoms with Gasteiger partial charge in [0, 0.05) is 48.2 Å². The molecule has 154 valence electrons. The van der Waals surface area contributed by atoms with Gasteiger partial charge in [-0.3, -0.25) is 4.79 Å². The number of amides is 1. The summed E-state index contributed by atoms with van der Waals surface area (Å²) in [5.41, 5.74) is 4.96. The van der Waals surface area contributed by atoms with Gasteiger partial charge >= 0.3 is 0 Å². The summed E-state index contributed by atoms with van der Waals surface area (Å²) in [6.07, 6.45) is 1.52. The monoisotopic (exact) mass is 439 g/mol. The second kappa shape index (κ2) is 7.98. The first-order valence-electron chi connectivity index (χ1n) is 10.0. The molecule has 1 amide bonds. The zero-order valence-electron chi connectivity index (χ0n) is 17.3. The van der Waals surface area contributed by atoms with Gasteiger partial charge in [-0.05, 0) is 60.7 Å². The average molecular weight is 440 g/mol. The van der Waals surface area contributed by atoms with Crippen LogP contribution in [0.4, 0.5) is 0 Å². The molecule has 2 heterocycles. The second-order valence-corrected chi connectivity index (χ2v) is 9.03. The van der Waals surface area contributed by atoms with E-state index in [1.165, 1.54) is 0 Å². The molecule has 0 saturated carbocycles. The largest absolute Gasteiger partial charge is 0.347 e. The Kier molecular flexibility index (Phi) is 5.53. The van der Waals surface area contributed by atoms with Crippen LogP contribution in [-0.2, 0) is 13.5 Å². The highest BCUT2D eigenvalue weighted by atomic mass is 35.5. The summed E-state index contributed by atoms with van der Waals surface area (Å²) < 4.78 is 2.06. The highest BCUT2D eigenvalue weighted by molar-refractivity contribution is 6.38. The fraction of sp³-hybridized carbons (Fsp3) is 0.333. The summed E-state index contributed by atoms with van der Waals surface area (Å²) >= 11 is 13.2. The summed E-state index contributed by atoms with van der Waals surface area (Å²) in [6.45, 7) is 5.68. The lowest BCUT2D eigenvalue weighted by Gasteiger charge is -2.18. The van der Waals surface area contributed by atoms with E-state index < -0.39 is 0 Å². The fourth-order valence-electron chi connectivity index (χ4n) is 4.29. The molecule has 1 aliphatic heterocycles. The number of rotatable bonds is 3. The number of fused-ring (bicyclic) bond motifs is 1. The average Bonchev–Trinajstić information content (AvgIpc) is 3.29. The molecule has 0 radical (unpaired) electrons. The van der Waals surface area contributed by atoms with Gasteiger partial charge < -0.3 is 9.47 Å². The third kappa shape index (κ3) is 3.57. The zero-order valence-corrected chi connectivity index (χ0v) is 18.8. The topological polar surface area (TPSA) is 49.0 Å². The molecule has 2 aromatic carbocycles. The van der Waals surface area contributed by atoms with Gasteiger partial charge in [0.2, 0.25) is 0 Å². The van der Waals surface area contributed by atoms with Crippen LogP contribution in [0.1, 0.15) is 46.1 Å². The number of hydrogen-bond acceptors (Lipinski definition) is 2. The minimum Gasteiger partial charge on any atom is -0.347 e. The molecule has 1 aliphatic rings. The van der Waals surface area contributed by atoms with E-state index in [0.29, 0.717) is 33.5 Å². The lowest BCUT2D eigenvalue weighted by Crippen LogP contribution is -2.28. The maximum atomic E-state index is 13.0. The van der Waals surface area contributed by atoms with Crippen molar-refractivity contribution in [3.63, 3.8) is 0 Å². The molecular weight excluding hydrogens is 417 g/mol. The van der Waals surface area contributed by atoms with Crippen LogP contribution in [0.3, 0.4) is 0 Å². The molecular formula is C24H23Cl2N3O. The van der Waals surface area contributed by atoms with Crippen molar-refractivity contribution in [3.05, 3.63) is 68.3 Å². The maximum Gasteiger partial charge on any atom is 0.255 e. The van der Waals surface area contributed by atoms with Crippen LogP contribution in [0.2, 0.25) is 10.0 Å². The van der Waals surface area contributed by atoms with E-state index >= 15 is 0 Å². The smallest absolute Gasteiger partial charge is 0.255 e. The van der Waals surface area contributed by atoms with Crippen molar-refractivity contribution < 1.29 is 4.79 Å². The maximum absolute atomic E-state index is 13.0. The van der Waals surface area contributed by atoms with E-state index in [4.69, 9.17) is 23.2 Å². The lowest BCUT2D eigenvalue weighted by atomic mass is 10.0. The molecule has 0 bridgehead atoms. The first-order chi connectivity index (χ1) is 14.3. The third-order valence-corrected chi connectivity index (χ3v) is 6.87. The van der Waals surface area contributed by atoms with Gasteiger partial charge in [-0.2, -0.15) is 5.26 Å². The molecule has 1 atom stereocenters. The van der Waals surface area contributed by atoms with Gasteiger partial charge in [-0.25, -0.2) is 0 Å². The first-order valence-corrected chi connectivity index (χ1v) is 10.8. The number of halogens is 2. The van der Waals surface area contributed by atoms with Crippen molar-refractivity contribution in [2.24, 2.45) is 13.0 Å². The number of benzene rings is 2. The second-order valence-electron chi connectivity index (χ2n) is 8.24. The summed E-state index contributed by atoms with van der Waals surface area (Å²) in [6, 6.07) is 11.6. The molecule has 0 aliphatic carbocycles. The number of carbonyl (C=O) groups excluding carboxylic acids is 1. The molecule has 1 unspecified atom stereocenters. The number of nitriles is 1. The molecule has 1 fully saturated rings. The van der Waals surface area contributed by atoms with Gasteiger partial charge in [0.25, 0.3) is 5.91 Å². The van der Waals surface area contributed by atoms with Crippen molar-refractivity contribution >= 4 is 40.0 Å². The number of nitrogens with zero attached hydrogens (tertiary/aromatic N) is 3. The molecule has 0 N–H and O–H groups in total. The summed E-state index contributed by atoms with van der Waals surface area (Å²) in [5.74, 6) is 0.477. The number of carbonyl (C=O) groups is 1. The Morgan fingerprint density at radius 1 is 1.27 bits per heavy atom. The molecule has 4 nitrogen and oxygen atoms in total. The third-order valence-electron chi connectivity index (χ3n) is 6.08. The highest BCUT2D eigenvalue weighted by Crippen LogP contribution is 2.34. The number of aromatic nitrogens is 1. The molecule has 3 aromatic rings. The Hall–Kier alpha value is -2.48. The van der Waals surface area contributed by atoms with E-state index in [1.807, 2.05) is 31.0 Å². The number of likely N-dealkylation sites (tertiary alicyclic amines) is 1. The van der Waals surface area contributed by atoms with Gasteiger partial charge in [-0.15, -0.1) is 0 Å². The fourth-order valence-corrected chi connectivity index (χ4v) is 4.88. The van der Waals surface area contributed by atoms with Crippen molar-refractivity contribution in [1.29, 1.82) is 5.26 Å². The minimum absolute atomic E-state index is 0.0335. The Bertz CT molecular complexity index is 1210. The van der Waals surface area contributed by atoms with Crippen LogP contribution in [0, 0.1) is 24.2 Å². The summed E-state index contributed by atoms with van der Waals surface area (Å²) in [7, 11) is 1.97. The van der Waals surface area contributed by atoms with Gasteiger partial charge in [-0.1, -0.05) is 30.1 Å². The van der Waals surface area contributed by atoms with Gasteiger partial charge in [0.15, 0.2) is 0 Å². The molecule has 1 saturated heterocycles. The Balaban J connectivity index is 1.73. The van der Waals surface area contributed by atoms with Crippen molar-refractivity contribution in [1.82, 2.24) is 9.47 Å². The number of hydrogen-bond donors (Lipinski definition) is 0. The predicted octanol–water partition coefficient (Wildman–Crippen LogP) is 5.74. The van der Waals surface area contributed by atoms with Crippen LogP contribution >= 0.6 is 23.2 Å². The number of aryl methyl sites for hydroxylation is 2. The van der Waals surface area contributed by atoms with Crippen molar-refractivity contribution in [2.75, 3.05) is 13.1 Å². The standard InChI is InChI=1S/C24H23Cl2N3O/c1-14-6-7-29(13-14)24(30)18-4-5-21(25)20(23(18)26)11-17-10-19-15(2)8-16(12-27)9-22(19)28(17)3/h4-5,8-10,14H,6-7,11,13H2,1-3H3. The van der Waals surface area contributed by atoms with E-state index in [9.17, 15) is 10.1 Å². The molecule has 1 aromatic heterocycles. The van der Waals surface area contributed by atoms with Crippen LogP contribution in [0.5, 0.6) is 0 Å². The summed E-state index contributed by atoms with van der Waals surface area (Å²) in [5, 5.41) is 11.4. The van der Waals surface area contributed by atoms with Crippen molar-refractivity contribution in [3.8, 4) is 6.07 Å². The highest BCUT2D eigenvalue weighted by Gasteiger charge is 2.27. The van der Waals surface area contributed by atoms with Gasteiger partial charge in [0.1, 0.15) is 0 Å². The quantitative estimate of drug-likeness (QED) is 0.522. The molecule has 0 spiro atoms. The van der Waals surface area contributed by atoms with E-state index in [2.05, 4.69) is 23.6 Å². The predicted molar refractivity (Wildman–Crippen MR) is 121 cm³/mol. The van der Waals surface area contributed by atoms with Gasteiger partial charge in [0.05, 0.1) is 22.2 Å². The molecule has 4 rings (SSSR count). The van der Waals surface area contributed by atoms with E-state index in [0.717, 1.165) is 47.2 Å². The Morgan fingerprint density at radius 3 is 2.70 bits per heavy atom. The lowest BCUT2D eigenvalue weighted by molar-refractivity contribution is 0.0788. The minimum atomic E-state index is -0.0335. The first kappa shape index (κ1) is 20.8. The van der Waals surface area contributed by atoms with E-state index in [-0.39, 0.29) is 5.91 Å². The zero-order chi connectivity index (χ0) is 21.6. The SMILES string of the molecule is Cc1cc(C#N)cc2c1cc(Cc1c(Cl)ccc(C(=O)N3CCC(C)C3)c1Cl)n2C. The van der Waals surface area contributed by atoms with Crippen LogP contribution in [0.15, 0.2) is 30.3 Å². The van der Waals surface area contributed by atoms with Crippen LogP contribution in [-0.4, -0.2) is 28.5 Å². The normalized spacial score (nSPS) is 16.3. The Labute approximate surface area is 186 Å². The van der Waals surface area contributed by atoms with E-state index in [1.54, 1.807) is 12.1 Å². The van der Waals surface area contributed by atoms with Crippen molar-refractivity contribution in [2.45, 2.75) is 26.7 Å². The molecule has 30 heavy (non-hydrogen) atoms.